The van der Waals surface area contributed by atoms with Crippen LogP contribution in [0, 0.1) is 0 Å². The van der Waals surface area contributed by atoms with E-state index in [2.05, 4.69) is 45.9 Å². The molecule has 0 radical (unpaired) electrons. The minimum atomic E-state index is 0.566. The van der Waals surface area contributed by atoms with E-state index in [0.29, 0.717) is 25.3 Å². The average molecular weight is 361 g/mol. The lowest BCUT2D eigenvalue weighted by Crippen LogP contribution is -2.51. The molecule has 6 heteroatoms. The predicted molar refractivity (Wildman–Crippen MR) is 105 cm³/mol. The largest absolute Gasteiger partial charge is 0.370 e. The number of aromatic nitrogens is 2. The van der Waals surface area contributed by atoms with E-state index in [9.17, 15) is 0 Å². The summed E-state index contributed by atoms with van der Waals surface area (Å²) in [6, 6.07) is 7.67. The molecule has 4 heterocycles. The van der Waals surface area contributed by atoms with Gasteiger partial charge in [-0.15, -0.1) is 0 Å². The number of anilines is 3. The molecule has 2 N–H and O–H groups in total. The SMILES string of the molecule is C1=Cc2cc(Nc3nc(N4CC5CCC(C4)N5)nc4c3COC4)ccc2C1. The van der Waals surface area contributed by atoms with Crippen LogP contribution >= 0.6 is 0 Å². The van der Waals surface area contributed by atoms with Crippen molar-refractivity contribution in [2.45, 2.75) is 44.6 Å². The van der Waals surface area contributed by atoms with Gasteiger partial charge < -0.3 is 20.3 Å². The maximum absolute atomic E-state index is 5.68. The number of hydrogen-bond acceptors (Lipinski definition) is 6. The number of fused-ring (bicyclic) bond motifs is 4. The van der Waals surface area contributed by atoms with E-state index in [1.54, 1.807) is 0 Å². The summed E-state index contributed by atoms with van der Waals surface area (Å²) in [6.45, 7) is 3.12. The van der Waals surface area contributed by atoms with Crippen molar-refractivity contribution in [3.8, 4) is 0 Å². The Labute approximate surface area is 158 Å². The van der Waals surface area contributed by atoms with E-state index < -0.39 is 0 Å². The normalized spacial score (nSPS) is 25.0. The fourth-order valence-corrected chi connectivity index (χ4v) is 4.71. The summed E-state index contributed by atoms with van der Waals surface area (Å²) in [5, 5.41) is 7.22. The Balaban J connectivity index is 1.34. The van der Waals surface area contributed by atoms with E-state index in [4.69, 9.17) is 14.7 Å². The third-order valence-corrected chi connectivity index (χ3v) is 6.11. The van der Waals surface area contributed by atoms with Crippen LogP contribution in [0.2, 0.25) is 0 Å². The molecule has 2 saturated heterocycles. The monoisotopic (exact) mass is 361 g/mol. The molecule has 1 aromatic carbocycles. The highest BCUT2D eigenvalue weighted by atomic mass is 16.5. The zero-order valence-electron chi connectivity index (χ0n) is 15.2. The predicted octanol–water partition coefficient (Wildman–Crippen LogP) is 2.76. The molecule has 0 spiro atoms. The molecule has 0 amide bonds. The van der Waals surface area contributed by atoms with Crippen molar-refractivity contribution in [1.82, 2.24) is 15.3 Å². The summed E-state index contributed by atoms with van der Waals surface area (Å²) in [7, 11) is 0. The van der Waals surface area contributed by atoms with Crippen LogP contribution in [0.1, 0.15) is 35.2 Å². The van der Waals surface area contributed by atoms with Crippen LogP contribution in [0.3, 0.4) is 0 Å². The third kappa shape index (κ3) is 2.71. The Morgan fingerprint density at radius 2 is 2.00 bits per heavy atom. The van der Waals surface area contributed by atoms with Crippen LogP contribution in [0.4, 0.5) is 17.5 Å². The van der Waals surface area contributed by atoms with Crippen LogP contribution in [0.5, 0.6) is 0 Å². The van der Waals surface area contributed by atoms with E-state index in [1.165, 1.54) is 24.0 Å². The van der Waals surface area contributed by atoms with E-state index >= 15 is 0 Å². The molecule has 2 aromatic rings. The lowest BCUT2D eigenvalue weighted by molar-refractivity contribution is 0.133. The van der Waals surface area contributed by atoms with Crippen LogP contribution in [-0.2, 0) is 24.4 Å². The van der Waals surface area contributed by atoms with Crippen molar-refractivity contribution in [1.29, 1.82) is 0 Å². The first-order chi connectivity index (χ1) is 13.3. The molecule has 1 aliphatic carbocycles. The number of piperazine rings is 1. The Morgan fingerprint density at radius 3 is 2.89 bits per heavy atom. The molecule has 6 nitrogen and oxygen atoms in total. The molecule has 138 valence electrons. The molecule has 2 unspecified atom stereocenters. The lowest BCUT2D eigenvalue weighted by Gasteiger charge is -2.33. The summed E-state index contributed by atoms with van der Waals surface area (Å²) >= 11 is 0. The second-order valence-electron chi connectivity index (χ2n) is 7.98. The number of hydrogen-bond donors (Lipinski definition) is 2. The molecule has 0 saturated carbocycles. The molecule has 3 aliphatic heterocycles. The zero-order chi connectivity index (χ0) is 17.8. The minimum absolute atomic E-state index is 0.566. The van der Waals surface area contributed by atoms with Gasteiger partial charge in [-0.3, -0.25) is 0 Å². The Kier molecular flexibility index (Phi) is 3.49. The highest BCUT2D eigenvalue weighted by molar-refractivity contribution is 5.69. The van der Waals surface area contributed by atoms with Crippen LogP contribution < -0.4 is 15.5 Å². The zero-order valence-corrected chi connectivity index (χ0v) is 15.2. The van der Waals surface area contributed by atoms with E-state index in [1.807, 2.05) is 0 Å². The quantitative estimate of drug-likeness (QED) is 0.877. The molecule has 4 aliphatic rings. The number of nitrogens with zero attached hydrogens (tertiary/aromatic N) is 3. The number of rotatable bonds is 3. The van der Waals surface area contributed by atoms with Gasteiger partial charge in [0.1, 0.15) is 5.82 Å². The van der Waals surface area contributed by atoms with E-state index in [-0.39, 0.29) is 0 Å². The summed E-state index contributed by atoms with van der Waals surface area (Å²) in [4.78, 5) is 12.1. The third-order valence-electron chi connectivity index (χ3n) is 6.11. The first-order valence-electron chi connectivity index (χ1n) is 9.87. The lowest BCUT2D eigenvalue weighted by atomic mass is 10.1. The van der Waals surface area contributed by atoms with Gasteiger partial charge in [-0.05, 0) is 42.5 Å². The molecule has 6 rings (SSSR count). The molecular formula is C21H23N5O. The standard InChI is InChI=1S/C21H23N5O/c1-2-13-4-5-15(8-14(13)3-1)23-20-18-11-27-12-19(18)24-21(25-20)26-9-16-6-7-17(10-26)22-16/h1,3-5,8,16-17,22H,2,6-7,9-12H2,(H,23,24,25). The maximum Gasteiger partial charge on any atom is 0.227 e. The molecule has 27 heavy (non-hydrogen) atoms. The van der Waals surface area contributed by atoms with Gasteiger partial charge in [-0.25, -0.2) is 4.98 Å². The van der Waals surface area contributed by atoms with Gasteiger partial charge >= 0.3 is 0 Å². The maximum atomic E-state index is 5.68. The highest BCUT2D eigenvalue weighted by Gasteiger charge is 2.34. The van der Waals surface area contributed by atoms with Crippen molar-refractivity contribution < 1.29 is 4.74 Å². The second-order valence-corrected chi connectivity index (χ2v) is 7.98. The molecular weight excluding hydrogens is 338 g/mol. The van der Waals surface area contributed by atoms with Gasteiger partial charge in [0.2, 0.25) is 5.95 Å². The van der Waals surface area contributed by atoms with Gasteiger partial charge in [0, 0.05) is 36.4 Å². The Hall–Kier alpha value is -2.44. The van der Waals surface area contributed by atoms with Crippen molar-refractivity contribution in [2.75, 3.05) is 23.3 Å². The van der Waals surface area contributed by atoms with Crippen LogP contribution in [-0.4, -0.2) is 35.1 Å². The summed E-state index contributed by atoms with van der Waals surface area (Å²) < 4.78 is 5.68. The van der Waals surface area contributed by atoms with Crippen molar-refractivity contribution in [3.63, 3.8) is 0 Å². The molecule has 2 bridgehead atoms. The Bertz CT molecular complexity index is 928. The number of benzene rings is 1. The number of allylic oxidation sites excluding steroid dienone is 1. The smallest absolute Gasteiger partial charge is 0.227 e. The summed E-state index contributed by atoms with van der Waals surface area (Å²) in [6.07, 6.45) is 7.94. The van der Waals surface area contributed by atoms with Gasteiger partial charge in [0.05, 0.1) is 18.9 Å². The van der Waals surface area contributed by atoms with Gasteiger partial charge in [0.25, 0.3) is 0 Å². The molecule has 2 fully saturated rings. The van der Waals surface area contributed by atoms with Crippen LogP contribution in [0.25, 0.3) is 6.08 Å². The van der Waals surface area contributed by atoms with E-state index in [0.717, 1.165) is 48.2 Å². The number of nitrogens with one attached hydrogen (secondary N) is 2. The van der Waals surface area contributed by atoms with Crippen LogP contribution in [0.15, 0.2) is 24.3 Å². The first kappa shape index (κ1) is 15.6. The average Bonchev–Trinajstić information content (AvgIpc) is 3.41. The topological polar surface area (TPSA) is 62.3 Å². The van der Waals surface area contributed by atoms with Gasteiger partial charge in [-0.2, -0.15) is 4.98 Å². The Morgan fingerprint density at radius 1 is 1.11 bits per heavy atom. The molecule has 2 atom stereocenters. The minimum Gasteiger partial charge on any atom is -0.370 e. The summed E-state index contributed by atoms with van der Waals surface area (Å²) in [5.41, 5.74) is 5.86. The first-order valence-corrected chi connectivity index (χ1v) is 9.87. The fraction of sp³-hybridized carbons (Fsp3) is 0.429. The van der Waals surface area contributed by atoms with Gasteiger partial charge in [-0.1, -0.05) is 18.2 Å². The van der Waals surface area contributed by atoms with Crippen molar-refractivity contribution >= 4 is 23.5 Å². The highest BCUT2D eigenvalue weighted by Crippen LogP contribution is 2.32. The van der Waals surface area contributed by atoms with Gasteiger partial charge in [0.15, 0.2) is 0 Å². The fourth-order valence-electron chi connectivity index (χ4n) is 4.71. The summed E-state index contributed by atoms with van der Waals surface area (Å²) in [5.74, 6) is 1.72. The van der Waals surface area contributed by atoms with Crippen molar-refractivity contribution in [2.24, 2.45) is 0 Å². The number of ether oxygens (including phenoxy) is 1. The molecule has 1 aromatic heterocycles. The van der Waals surface area contributed by atoms with Crippen molar-refractivity contribution in [3.05, 3.63) is 46.7 Å². The second kappa shape index (κ2) is 6.04.